The lowest BCUT2D eigenvalue weighted by Gasteiger charge is -2.13. The monoisotopic (exact) mass is 301 g/mol. The standard InChI is InChI=1S/C12H19N3O4S/c1-3-8-4-5-9(6-11(8)20(14,17)18)15-12(16)10(13)7-19-2/h4-6,10H,3,7,13H2,1-2H3,(H,15,16)(H2,14,17,18). The highest BCUT2D eigenvalue weighted by atomic mass is 32.2. The normalized spacial score (nSPS) is 13.0. The maximum atomic E-state index is 11.7. The number of aryl methyl sites for hydroxylation is 1. The van der Waals surface area contributed by atoms with Crippen LogP contribution < -0.4 is 16.2 Å². The van der Waals surface area contributed by atoms with Crippen LogP contribution in [0.2, 0.25) is 0 Å². The molecule has 0 saturated heterocycles. The fraction of sp³-hybridized carbons (Fsp3) is 0.417. The van der Waals surface area contributed by atoms with Gasteiger partial charge in [0.15, 0.2) is 0 Å². The van der Waals surface area contributed by atoms with Gasteiger partial charge in [0.25, 0.3) is 0 Å². The van der Waals surface area contributed by atoms with E-state index in [1.807, 2.05) is 6.92 Å². The summed E-state index contributed by atoms with van der Waals surface area (Å²) in [5.74, 6) is -0.462. The molecular weight excluding hydrogens is 282 g/mol. The summed E-state index contributed by atoms with van der Waals surface area (Å²) < 4.78 is 27.8. The van der Waals surface area contributed by atoms with Gasteiger partial charge >= 0.3 is 0 Å². The average Bonchev–Trinajstić information content (AvgIpc) is 2.37. The van der Waals surface area contributed by atoms with Gasteiger partial charge in [0.05, 0.1) is 11.5 Å². The molecule has 8 heteroatoms. The third kappa shape index (κ3) is 4.27. The topological polar surface area (TPSA) is 125 Å². The van der Waals surface area contributed by atoms with Crippen LogP contribution in [-0.4, -0.2) is 34.1 Å². The smallest absolute Gasteiger partial charge is 0.243 e. The molecule has 0 aliphatic heterocycles. The molecule has 1 rings (SSSR count). The first kappa shape index (κ1) is 16.6. The number of hydrogen-bond donors (Lipinski definition) is 3. The minimum atomic E-state index is -3.84. The molecule has 112 valence electrons. The molecule has 20 heavy (non-hydrogen) atoms. The number of sulfonamides is 1. The van der Waals surface area contributed by atoms with Crippen molar-refractivity contribution in [1.29, 1.82) is 0 Å². The molecular formula is C12H19N3O4S. The zero-order chi connectivity index (χ0) is 15.3. The molecule has 5 N–H and O–H groups in total. The van der Waals surface area contributed by atoms with Gasteiger partial charge in [-0.3, -0.25) is 4.79 Å². The van der Waals surface area contributed by atoms with E-state index in [-0.39, 0.29) is 11.5 Å². The summed E-state index contributed by atoms with van der Waals surface area (Å²) in [6.07, 6.45) is 0.517. The summed E-state index contributed by atoms with van der Waals surface area (Å²) in [5.41, 5.74) is 6.49. The predicted octanol–water partition coefficient (Wildman–Crippen LogP) is -0.191. The number of rotatable bonds is 6. The Morgan fingerprint density at radius 1 is 1.45 bits per heavy atom. The number of primary sulfonamides is 1. The van der Waals surface area contributed by atoms with E-state index in [1.54, 1.807) is 12.1 Å². The lowest BCUT2D eigenvalue weighted by molar-refractivity contribution is -0.118. The molecule has 0 saturated carbocycles. The van der Waals surface area contributed by atoms with Gasteiger partial charge in [-0.05, 0) is 24.1 Å². The summed E-state index contributed by atoms with van der Waals surface area (Å²) in [7, 11) is -2.41. The first-order valence-corrected chi connectivity index (χ1v) is 7.55. The number of nitrogens with two attached hydrogens (primary N) is 2. The molecule has 0 aliphatic carbocycles. The Morgan fingerprint density at radius 3 is 2.60 bits per heavy atom. The fourth-order valence-corrected chi connectivity index (χ4v) is 2.55. The zero-order valence-corrected chi connectivity index (χ0v) is 12.2. The molecule has 0 radical (unpaired) electrons. The number of amides is 1. The van der Waals surface area contributed by atoms with Gasteiger partial charge in [-0.1, -0.05) is 13.0 Å². The Bertz CT molecular complexity index is 586. The molecule has 1 unspecified atom stereocenters. The van der Waals surface area contributed by atoms with Gasteiger partial charge < -0.3 is 15.8 Å². The van der Waals surface area contributed by atoms with Crippen molar-refractivity contribution in [3.05, 3.63) is 23.8 Å². The van der Waals surface area contributed by atoms with Crippen LogP contribution in [0.1, 0.15) is 12.5 Å². The second-order valence-electron chi connectivity index (χ2n) is 4.27. The molecule has 0 bridgehead atoms. The van der Waals surface area contributed by atoms with Crippen LogP contribution in [0.15, 0.2) is 23.1 Å². The highest BCUT2D eigenvalue weighted by Crippen LogP contribution is 2.20. The molecule has 0 fully saturated rings. The van der Waals surface area contributed by atoms with Crippen molar-refractivity contribution in [3.63, 3.8) is 0 Å². The zero-order valence-electron chi connectivity index (χ0n) is 11.4. The van der Waals surface area contributed by atoms with E-state index in [9.17, 15) is 13.2 Å². The molecule has 0 spiro atoms. The van der Waals surface area contributed by atoms with Crippen molar-refractivity contribution in [2.75, 3.05) is 19.0 Å². The number of nitrogens with one attached hydrogen (secondary N) is 1. The van der Waals surface area contributed by atoms with Crippen LogP contribution in [0.3, 0.4) is 0 Å². The third-order valence-electron chi connectivity index (χ3n) is 2.71. The maximum Gasteiger partial charge on any atom is 0.243 e. The van der Waals surface area contributed by atoms with Crippen molar-refractivity contribution in [3.8, 4) is 0 Å². The number of methoxy groups -OCH3 is 1. The second kappa shape index (κ2) is 6.80. The molecule has 1 atom stereocenters. The summed E-state index contributed by atoms with van der Waals surface area (Å²) >= 11 is 0. The summed E-state index contributed by atoms with van der Waals surface area (Å²) in [6.45, 7) is 1.89. The van der Waals surface area contributed by atoms with E-state index < -0.39 is 22.0 Å². The molecule has 0 heterocycles. The lowest BCUT2D eigenvalue weighted by Crippen LogP contribution is -2.39. The Balaban J connectivity index is 3.02. The quantitative estimate of drug-likeness (QED) is 0.671. The maximum absolute atomic E-state index is 11.7. The van der Waals surface area contributed by atoms with Crippen molar-refractivity contribution in [2.24, 2.45) is 10.9 Å². The van der Waals surface area contributed by atoms with Gasteiger partial charge in [0.1, 0.15) is 6.04 Å². The highest BCUT2D eigenvalue weighted by Gasteiger charge is 2.17. The first-order chi connectivity index (χ1) is 9.29. The highest BCUT2D eigenvalue weighted by molar-refractivity contribution is 7.89. The Labute approximate surface area is 118 Å². The number of ether oxygens (including phenoxy) is 1. The van der Waals surface area contributed by atoms with Crippen molar-refractivity contribution >= 4 is 21.6 Å². The van der Waals surface area contributed by atoms with E-state index in [2.05, 4.69) is 5.32 Å². The minimum absolute atomic E-state index is 0.00175. The predicted molar refractivity (Wildman–Crippen MR) is 75.7 cm³/mol. The minimum Gasteiger partial charge on any atom is -0.383 e. The van der Waals surface area contributed by atoms with Crippen LogP contribution in [0, 0.1) is 0 Å². The van der Waals surface area contributed by atoms with Gasteiger partial charge in [0, 0.05) is 12.8 Å². The van der Waals surface area contributed by atoms with Crippen molar-refractivity contribution in [1.82, 2.24) is 0 Å². The fourth-order valence-electron chi connectivity index (χ4n) is 1.68. The average molecular weight is 301 g/mol. The SMILES string of the molecule is CCc1ccc(NC(=O)C(N)COC)cc1S(N)(=O)=O. The van der Waals surface area contributed by atoms with E-state index in [0.717, 1.165) is 0 Å². The number of benzene rings is 1. The number of anilines is 1. The molecule has 7 nitrogen and oxygen atoms in total. The summed E-state index contributed by atoms with van der Waals surface area (Å²) in [4.78, 5) is 11.7. The second-order valence-corrected chi connectivity index (χ2v) is 5.80. The van der Waals surface area contributed by atoms with Crippen LogP contribution in [0.4, 0.5) is 5.69 Å². The van der Waals surface area contributed by atoms with Gasteiger partial charge in [-0.15, -0.1) is 0 Å². The Hall–Kier alpha value is -1.48. The summed E-state index contributed by atoms with van der Waals surface area (Å²) in [6, 6.07) is 3.71. The Kier molecular flexibility index (Phi) is 5.63. The largest absolute Gasteiger partial charge is 0.383 e. The summed E-state index contributed by atoms with van der Waals surface area (Å²) in [5, 5.41) is 7.68. The van der Waals surface area contributed by atoms with Crippen molar-refractivity contribution < 1.29 is 17.9 Å². The molecule has 1 aromatic carbocycles. The van der Waals surface area contributed by atoms with Crippen LogP contribution in [0.25, 0.3) is 0 Å². The Morgan fingerprint density at radius 2 is 2.10 bits per heavy atom. The number of carbonyl (C=O) groups is 1. The lowest BCUT2D eigenvalue weighted by atomic mass is 10.1. The first-order valence-electron chi connectivity index (χ1n) is 6.00. The van der Waals surface area contributed by atoms with E-state index in [4.69, 9.17) is 15.6 Å². The third-order valence-corrected chi connectivity index (χ3v) is 3.70. The van der Waals surface area contributed by atoms with Crippen LogP contribution >= 0.6 is 0 Å². The molecule has 1 aromatic rings. The number of carbonyl (C=O) groups excluding carboxylic acids is 1. The number of hydrogen-bond acceptors (Lipinski definition) is 5. The van der Waals surface area contributed by atoms with E-state index >= 15 is 0 Å². The van der Waals surface area contributed by atoms with Gasteiger partial charge in [-0.25, -0.2) is 13.6 Å². The van der Waals surface area contributed by atoms with Gasteiger partial charge in [-0.2, -0.15) is 0 Å². The van der Waals surface area contributed by atoms with E-state index in [0.29, 0.717) is 17.7 Å². The van der Waals surface area contributed by atoms with Gasteiger partial charge in [0.2, 0.25) is 15.9 Å². The van der Waals surface area contributed by atoms with Crippen LogP contribution in [0.5, 0.6) is 0 Å². The molecule has 0 aromatic heterocycles. The molecule has 1 amide bonds. The molecule has 0 aliphatic rings. The van der Waals surface area contributed by atoms with E-state index in [1.165, 1.54) is 13.2 Å². The van der Waals surface area contributed by atoms with Crippen LogP contribution in [-0.2, 0) is 26.0 Å². The van der Waals surface area contributed by atoms with Crippen molar-refractivity contribution in [2.45, 2.75) is 24.3 Å².